The maximum Gasteiger partial charge on any atom is 0.230 e. The molecule has 0 bridgehead atoms. The van der Waals surface area contributed by atoms with Crippen LogP contribution in [0.15, 0.2) is 53.8 Å². The van der Waals surface area contributed by atoms with E-state index in [2.05, 4.69) is 29.1 Å². The zero-order valence-electron chi connectivity index (χ0n) is 12.2. The zero-order chi connectivity index (χ0) is 15.1. The average Bonchev–Trinajstić information content (AvgIpc) is 2.52. The lowest BCUT2D eigenvalue weighted by Crippen LogP contribution is -2.33. The van der Waals surface area contributed by atoms with Gasteiger partial charge in [-0.15, -0.1) is 0 Å². The second kappa shape index (κ2) is 7.78. The standard InChI is InChI=1S/C16H19N3OS/c1-12(2)16(13-7-3-5-9-17-13)19-14(20)11-21-15-8-4-6-10-18-15/h3-10,12,16H,11H2,1-2H3,(H,19,20)/t16-/m0/s1. The van der Waals surface area contributed by atoms with E-state index in [1.807, 2.05) is 36.4 Å². The van der Waals surface area contributed by atoms with Crippen LogP contribution in [0.5, 0.6) is 0 Å². The van der Waals surface area contributed by atoms with Crippen molar-refractivity contribution in [3.8, 4) is 0 Å². The molecule has 0 unspecified atom stereocenters. The molecule has 1 amide bonds. The number of rotatable bonds is 6. The minimum Gasteiger partial charge on any atom is -0.347 e. The molecule has 1 N–H and O–H groups in total. The van der Waals surface area contributed by atoms with Crippen molar-refractivity contribution in [2.45, 2.75) is 24.9 Å². The fraction of sp³-hybridized carbons (Fsp3) is 0.312. The summed E-state index contributed by atoms with van der Waals surface area (Å²) in [4.78, 5) is 20.6. The van der Waals surface area contributed by atoms with Gasteiger partial charge in [-0.3, -0.25) is 9.78 Å². The molecule has 21 heavy (non-hydrogen) atoms. The minimum atomic E-state index is -0.0666. The van der Waals surface area contributed by atoms with Gasteiger partial charge in [0.05, 0.1) is 22.5 Å². The molecule has 0 radical (unpaired) electrons. The summed E-state index contributed by atoms with van der Waals surface area (Å²) in [7, 11) is 0. The number of pyridine rings is 2. The lowest BCUT2D eigenvalue weighted by Gasteiger charge is -2.21. The first-order valence-corrected chi connectivity index (χ1v) is 7.89. The van der Waals surface area contributed by atoms with Gasteiger partial charge in [-0.2, -0.15) is 0 Å². The molecule has 0 saturated heterocycles. The van der Waals surface area contributed by atoms with Crippen LogP contribution in [0.3, 0.4) is 0 Å². The second-order valence-corrected chi connectivity index (χ2v) is 6.00. The fourth-order valence-electron chi connectivity index (χ4n) is 1.93. The Bertz CT molecular complexity index is 560. The van der Waals surface area contributed by atoms with Crippen LogP contribution in [-0.2, 0) is 4.79 Å². The van der Waals surface area contributed by atoms with Crippen molar-refractivity contribution in [3.63, 3.8) is 0 Å². The van der Waals surface area contributed by atoms with Gasteiger partial charge in [-0.25, -0.2) is 4.98 Å². The Balaban J connectivity index is 1.93. The van der Waals surface area contributed by atoms with Crippen LogP contribution >= 0.6 is 11.8 Å². The predicted octanol–water partition coefficient (Wildman–Crippen LogP) is 3.08. The first kappa shape index (κ1) is 15.5. The summed E-state index contributed by atoms with van der Waals surface area (Å²) in [5.41, 5.74) is 0.892. The minimum absolute atomic E-state index is 0.00462. The Morgan fingerprint density at radius 3 is 2.43 bits per heavy atom. The largest absolute Gasteiger partial charge is 0.347 e. The molecule has 0 aliphatic heterocycles. The molecule has 0 saturated carbocycles. The Hall–Kier alpha value is -1.88. The molecule has 0 aliphatic rings. The number of carbonyl (C=O) groups excluding carboxylic acids is 1. The highest BCUT2D eigenvalue weighted by Crippen LogP contribution is 2.20. The predicted molar refractivity (Wildman–Crippen MR) is 84.9 cm³/mol. The molecule has 2 aromatic rings. The van der Waals surface area contributed by atoms with Gasteiger partial charge in [-0.05, 0) is 30.2 Å². The van der Waals surface area contributed by atoms with E-state index in [4.69, 9.17) is 0 Å². The van der Waals surface area contributed by atoms with Gasteiger partial charge in [-0.1, -0.05) is 37.7 Å². The molecule has 2 heterocycles. The van der Waals surface area contributed by atoms with Crippen molar-refractivity contribution >= 4 is 17.7 Å². The van der Waals surface area contributed by atoms with Gasteiger partial charge in [0.15, 0.2) is 0 Å². The smallest absolute Gasteiger partial charge is 0.230 e. The number of carbonyl (C=O) groups is 1. The van der Waals surface area contributed by atoms with Crippen molar-refractivity contribution in [2.75, 3.05) is 5.75 Å². The Labute approximate surface area is 129 Å². The molecular weight excluding hydrogens is 282 g/mol. The number of aromatic nitrogens is 2. The molecule has 1 atom stereocenters. The van der Waals surface area contributed by atoms with E-state index in [1.165, 1.54) is 11.8 Å². The maximum absolute atomic E-state index is 12.1. The summed E-state index contributed by atoms with van der Waals surface area (Å²) < 4.78 is 0. The van der Waals surface area contributed by atoms with Crippen molar-refractivity contribution in [1.29, 1.82) is 0 Å². The highest BCUT2D eigenvalue weighted by Gasteiger charge is 2.19. The summed E-state index contributed by atoms with van der Waals surface area (Å²) in [6.07, 6.45) is 3.48. The molecule has 4 nitrogen and oxygen atoms in total. The second-order valence-electron chi connectivity index (χ2n) is 5.00. The van der Waals surface area contributed by atoms with Gasteiger partial charge in [0.25, 0.3) is 0 Å². The lowest BCUT2D eigenvalue weighted by atomic mass is 10.0. The van der Waals surface area contributed by atoms with Gasteiger partial charge >= 0.3 is 0 Å². The summed E-state index contributed by atoms with van der Waals surface area (Å²) >= 11 is 1.43. The molecule has 2 aromatic heterocycles. The number of nitrogens with one attached hydrogen (secondary N) is 1. The number of thioether (sulfide) groups is 1. The number of hydrogen-bond donors (Lipinski definition) is 1. The average molecular weight is 301 g/mol. The molecule has 0 fully saturated rings. The molecule has 5 heteroatoms. The SMILES string of the molecule is CC(C)[C@H](NC(=O)CSc1ccccn1)c1ccccn1. The van der Waals surface area contributed by atoms with E-state index >= 15 is 0 Å². The van der Waals surface area contributed by atoms with E-state index in [-0.39, 0.29) is 17.9 Å². The van der Waals surface area contributed by atoms with Crippen molar-refractivity contribution in [1.82, 2.24) is 15.3 Å². The first-order valence-electron chi connectivity index (χ1n) is 6.91. The van der Waals surface area contributed by atoms with Crippen LogP contribution in [0.25, 0.3) is 0 Å². The van der Waals surface area contributed by atoms with Crippen LogP contribution in [0, 0.1) is 5.92 Å². The first-order chi connectivity index (χ1) is 10.2. The van der Waals surface area contributed by atoms with Crippen LogP contribution in [0.2, 0.25) is 0 Å². The molecule has 110 valence electrons. The van der Waals surface area contributed by atoms with E-state index in [0.717, 1.165) is 10.7 Å². The van der Waals surface area contributed by atoms with Gasteiger partial charge in [0, 0.05) is 12.4 Å². The maximum atomic E-state index is 12.1. The number of hydrogen-bond acceptors (Lipinski definition) is 4. The highest BCUT2D eigenvalue weighted by molar-refractivity contribution is 7.99. The van der Waals surface area contributed by atoms with E-state index in [1.54, 1.807) is 12.4 Å². The third-order valence-corrected chi connectivity index (χ3v) is 3.92. The van der Waals surface area contributed by atoms with E-state index in [0.29, 0.717) is 5.75 Å². The summed E-state index contributed by atoms with van der Waals surface area (Å²) in [6.45, 7) is 4.15. The number of amides is 1. The summed E-state index contributed by atoms with van der Waals surface area (Å²) in [5, 5.41) is 3.91. The lowest BCUT2D eigenvalue weighted by molar-refractivity contribution is -0.119. The van der Waals surface area contributed by atoms with Crippen LogP contribution in [-0.4, -0.2) is 21.6 Å². The fourth-order valence-corrected chi connectivity index (χ4v) is 2.60. The van der Waals surface area contributed by atoms with Crippen LogP contribution in [0.1, 0.15) is 25.6 Å². The topological polar surface area (TPSA) is 54.9 Å². The molecule has 0 spiro atoms. The molecular formula is C16H19N3OS. The van der Waals surface area contributed by atoms with Gasteiger partial charge < -0.3 is 5.32 Å². The number of nitrogens with zero attached hydrogens (tertiary/aromatic N) is 2. The Morgan fingerprint density at radius 1 is 1.14 bits per heavy atom. The highest BCUT2D eigenvalue weighted by atomic mass is 32.2. The molecule has 0 aliphatic carbocycles. The summed E-state index contributed by atoms with van der Waals surface area (Å²) in [6, 6.07) is 11.4. The summed E-state index contributed by atoms with van der Waals surface area (Å²) in [5.74, 6) is 0.631. The quantitative estimate of drug-likeness (QED) is 0.833. The zero-order valence-corrected chi connectivity index (χ0v) is 13.0. The van der Waals surface area contributed by atoms with Crippen LogP contribution in [0.4, 0.5) is 0 Å². The van der Waals surface area contributed by atoms with Crippen molar-refractivity contribution in [2.24, 2.45) is 5.92 Å². The molecule has 0 aromatic carbocycles. The Kier molecular flexibility index (Phi) is 5.75. The van der Waals surface area contributed by atoms with E-state index in [9.17, 15) is 4.79 Å². The van der Waals surface area contributed by atoms with Gasteiger partial charge in [0.2, 0.25) is 5.91 Å². The Morgan fingerprint density at radius 2 is 1.86 bits per heavy atom. The van der Waals surface area contributed by atoms with Crippen LogP contribution < -0.4 is 5.32 Å². The van der Waals surface area contributed by atoms with Gasteiger partial charge in [0.1, 0.15) is 0 Å². The van der Waals surface area contributed by atoms with Crippen molar-refractivity contribution in [3.05, 3.63) is 54.5 Å². The third kappa shape index (κ3) is 4.86. The molecule has 2 rings (SSSR count). The third-order valence-electron chi connectivity index (χ3n) is 2.98. The monoisotopic (exact) mass is 301 g/mol. The van der Waals surface area contributed by atoms with E-state index < -0.39 is 0 Å². The normalized spacial score (nSPS) is 12.1. The van der Waals surface area contributed by atoms with Crippen molar-refractivity contribution < 1.29 is 4.79 Å².